The fraction of sp³-hybridized carbons (Fsp3) is 0.714. The Hall–Kier alpha value is -1.38. The van der Waals surface area contributed by atoms with Crippen LogP contribution < -0.4 is 9.67 Å². The fourth-order valence-corrected chi connectivity index (χ4v) is 2.81. The third-order valence-electron chi connectivity index (χ3n) is 4.04. The van der Waals surface area contributed by atoms with Crippen LogP contribution in [0.1, 0.15) is 90.7 Å². The number of aromatic nitrogens is 1. The van der Waals surface area contributed by atoms with Crippen molar-refractivity contribution in [1.82, 2.24) is 0 Å². The van der Waals surface area contributed by atoms with Gasteiger partial charge in [-0.1, -0.05) is 64.9 Å². The number of rotatable bonds is 12. The first-order valence-electron chi connectivity index (χ1n) is 9.76. The van der Waals surface area contributed by atoms with Gasteiger partial charge in [-0.2, -0.15) is 0 Å². The molecule has 0 saturated carbocycles. The van der Waals surface area contributed by atoms with Gasteiger partial charge < -0.3 is 9.90 Å². The van der Waals surface area contributed by atoms with Crippen molar-refractivity contribution < 1.29 is 14.5 Å². The van der Waals surface area contributed by atoms with Crippen LogP contribution in [0, 0.1) is 0 Å². The summed E-state index contributed by atoms with van der Waals surface area (Å²) in [5, 5.41) is 8.89. The highest BCUT2D eigenvalue weighted by Crippen LogP contribution is 2.09. The normalized spacial score (nSPS) is 10.1. The molecule has 0 aliphatic carbocycles. The molecule has 0 fully saturated rings. The number of carboxylic acid groups (broad SMARTS) is 1. The molecule has 1 rings (SSSR count). The van der Waals surface area contributed by atoms with E-state index in [-0.39, 0.29) is 0 Å². The van der Waals surface area contributed by atoms with Crippen molar-refractivity contribution in [1.29, 1.82) is 0 Å². The Bertz CT molecular complexity index is 414. The van der Waals surface area contributed by atoms with Crippen LogP contribution in [0.15, 0.2) is 24.4 Å². The van der Waals surface area contributed by atoms with Crippen LogP contribution >= 0.6 is 0 Å². The van der Waals surface area contributed by atoms with Crippen LogP contribution in [0.5, 0.6) is 0 Å². The Morgan fingerprint density at radius 3 is 2.00 bits per heavy atom. The van der Waals surface area contributed by atoms with Crippen LogP contribution in [-0.4, -0.2) is 5.97 Å². The molecule has 0 amide bonds. The van der Waals surface area contributed by atoms with Gasteiger partial charge in [0, 0.05) is 30.9 Å². The van der Waals surface area contributed by atoms with Gasteiger partial charge in [0.2, 0.25) is 0 Å². The summed E-state index contributed by atoms with van der Waals surface area (Å²) in [6.07, 6.45) is 17.4. The third kappa shape index (κ3) is 14.2. The Kier molecular flexibility index (Phi) is 15.5. The van der Waals surface area contributed by atoms with Crippen molar-refractivity contribution >= 4 is 5.97 Å². The van der Waals surface area contributed by atoms with E-state index in [0.717, 1.165) is 6.92 Å². The van der Waals surface area contributed by atoms with Crippen LogP contribution in [-0.2, 0) is 17.8 Å². The van der Waals surface area contributed by atoms with Crippen molar-refractivity contribution in [3.63, 3.8) is 0 Å². The SMILES string of the molecule is CC(=O)[O-].CCCCCCCCCCC[n+]1ccccc1CCC. The van der Waals surface area contributed by atoms with E-state index in [1.165, 1.54) is 82.9 Å². The summed E-state index contributed by atoms with van der Waals surface area (Å²) in [6.45, 7) is 6.72. The Morgan fingerprint density at radius 2 is 1.46 bits per heavy atom. The van der Waals surface area contributed by atoms with Gasteiger partial charge in [0.25, 0.3) is 0 Å². The number of nitrogens with zero attached hydrogens (tertiary/aromatic N) is 1. The van der Waals surface area contributed by atoms with Gasteiger partial charge in [0.1, 0.15) is 6.54 Å². The van der Waals surface area contributed by atoms with Crippen molar-refractivity contribution in [2.24, 2.45) is 0 Å². The van der Waals surface area contributed by atoms with Crippen molar-refractivity contribution in [3.05, 3.63) is 30.1 Å². The molecule has 1 aromatic heterocycles. The number of hydrogen-bond donors (Lipinski definition) is 0. The number of carbonyl (C=O) groups is 1. The van der Waals surface area contributed by atoms with E-state index in [9.17, 15) is 0 Å². The smallest absolute Gasteiger partial charge is 0.181 e. The van der Waals surface area contributed by atoms with E-state index in [0.29, 0.717) is 0 Å². The minimum absolute atomic E-state index is 0.972. The van der Waals surface area contributed by atoms with Crippen molar-refractivity contribution in [2.75, 3.05) is 0 Å². The number of unbranched alkanes of at least 4 members (excludes halogenated alkanes) is 8. The molecule has 0 aliphatic rings. The number of carbonyl (C=O) groups excluding carboxylic acids is 1. The first-order chi connectivity index (χ1) is 11.6. The first kappa shape index (κ1) is 22.6. The zero-order chi connectivity index (χ0) is 18.0. The molecule has 0 unspecified atom stereocenters. The van der Waals surface area contributed by atoms with E-state index in [2.05, 4.69) is 42.8 Å². The maximum Gasteiger partial charge on any atom is 0.181 e. The summed E-state index contributed by atoms with van der Waals surface area (Å²) in [6, 6.07) is 6.60. The molecule has 138 valence electrons. The van der Waals surface area contributed by atoms with Gasteiger partial charge in [0.05, 0.1) is 0 Å². The molecule has 0 aromatic carbocycles. The number of aliphatic carboxylic acids is 1. The summed E-state index contributed by atoms with van der Waals surface area (Å²) >= 11 is 0. The molecular weight excluding hydrogens is 298 g/mol. The molecule has 0 saturated heterocycles. The number of carboxylic acids is 1. The number of aryl methyl sites for hydroxylation is 2. The number of hydrogen-bond acceptors (Lipinski definition) is 2. The summed E-state index contributed by atoms with van der Waals surface area (Å²) in [7, 11) is 0. The summed E-state index contributed by atoms with van der Waals surface area (Å²) in [5.74, 6) is -1.08. The van der Waals surface area contributed by atoms with Gasteiger partial charge in [0.15, 0.2) is 11.9 Å². The van der Waals surface area contributed by atoms with Crippen LogP contribution in [0.25, 0.3) is 0 Å². The van der Waals surface area contributed by atoms with Gasteiger partial charge in [-0.25, -0.2) is 4.57 Å². The third-order valence-corrected chi connectivity index (χ3v) is 4.04. The molecule has 0 aliphatic heterocycles. The average Bonchev–Trinajstić information content (AvgIpc) is 2.54. The fourth-order valence-electron chi connectivity index (χ4n) is 2.81. The average molecular weight is 336 g/mol. The lowest BCUT2D eigenvalue weighted by Gasteiger charge is -2.03. The van der Waals surface area contributed by atoms with Gasteiger partial charge in [-0.05, 0) is 19.8 Å². The lowest BCUT2D eigenvalue weighted by atomic mass is 10.1. The topological polar surface area (TPSA) is 44.0 Å². The second kappa shape index (κ2) is 16.5. The molecule has 0 bridgehead atoms. The molecule has 3 nitrogen and oxygen atoms in total. The highest BCUT2D eigenvalue weighted by atomic mass is 16.4. The Balaban J connectivity index is 0.00000118. The predicted molar refractivity (Wildman–Crippen MR) is 98.5 cm³/mol. The molecule has 0 N–H and O–H groups in total. The summed E-state index contributed by atoms with van der Waals surface area (Å²) < 4.78 is 2.45. The zero-order valence-corrected chi connectivity index (χ0v) is 16.1. The van der Waals surface area contributed by atoms with E-state index < -0.39 is 5.97 Å². The largest absolute Gasteiger partial charge is 0.550 e. The summed E-state index contributed by atoms with van der Waals surface area (Å²) in [4.78, 5) is 8.89. The molecule has 0 atom stereocenters. The Labute approximate surface area is 149 Å². The molecule has 0 radical (unpaired) electrons. The molecule has 3 heteroatoms. The standard InChI is InChI=1S/C19H34N.C2H4O2/c1-3-5-6-7-8-9-10-11-13-17-20-18-14-12-16-19(20)15-4-2;1-2(3)4/h12,14,16,18H,3-11,13,15,17H2,1-2H3;1H3,(H,3,4)/q+1;/p-1. The lowest BCUT2D eigenvalue weighted by Crippen LogP contribution is -2.37. The second-order valence-electron chi connectivity index (χ2n) is 6.46. The van der Waals surface area contributed by atoms with E-state index in [1.807, 2.05) is 0 Å². The van der Waals surface area contributed by atoms with E-state index in [4.69, 9.17) is 9.90 Å². The van der Waals surface area contributed by atoms with E-state index in [1.54, 1.807) is 0 Å². The van der Waals surface area contributed by atoms with Crippen molar-refractivity contribution in [3.8, 4) is 0 Å². The monoisotopic (exact) mass is 335 g/mol. The molecule has 1 aromatic rings. The molecule has 0 spiro atoms. The lowest BCUT2D eigenvalue weighted by molar-refractivity contribution is -0.704. The minimum atomic E-state index is -1.08. The highest BCUT2D eigenvalue weighted by Gasteiger charge is 2.07. The van der Waals surface area contributed by atoms with Crippen molar-refractivity contribution in [2.45, 2.75) is 97.9 Å². The first-order valence-corrected chi connectivity index (χ1v) is 9.76. The molecular formula is C21H37NO2. The zero-order valence-electron chi connectivity index (χ0n) is 16.1. The predicted octanol–water partition coefficient (Wildman–Crippen LogP) is 4.21. The Morgan fingerprint density at radius 1 is 0.917 bits per heavy atom. The maximum atomic E-state index is 8.89. The summed E-state index contributed by atoms with van der Waals surface area (Å²) in [5.41, 5.74) is 1.49. The maximum absolute atomic E-state index is 8.89. The molecule has 1 heterocycles. The van der Waals surface area contributed by atoms with E-state index >= 15 is 0 Å². The molecule has 24 heavy (non-hydrogen) atoms. The van der Waals surface area contributed by atoms with Gasteiger partial charge in [-0.15, -0.1) is 0 Å². The second-order valence-corrected chi connectivity index (χ2v) is 6.46. The number of pyridine rings is 1. The van der Waals surface area contributed by atoms with Crippen LogP contribution in [0.2, 0.25) is 0 Å². The van der Waals surface area contributed by atoms with Crippen LogP contribution in [0.4, 0.5) is 0 Å². The van der Waals surface area contributed by atoms with Gasteiger partial charge in [-0.3, -0.25) is 0 Å². The highest BCUT2D eigenvalue weighted by molar-refractivity contribution is 5.60. The van der Waals surface area contributed by atoms with Crippen LogP contribution in [0.3, 0.4) is 0 Å². The quantitative estimate of drug-likeness (QED) is 0.424. The van der Waals surface area contributed by atoms with Gasteiger partial charge >= 0.3 is 0 Å². The minimum Gasteiger partial charge on any atom is -0.550 e.